The van der Waals surface area contributed by atoms with Gasteiger partial charge >= 0.3 is 6.18 Å². The monoisotopic (exact) mass is 420 g/mol. The van der Waals surface area contributed by atoms with E-state index in [9.17, 15) is 26.0 Å². The number of nitrogens with zero attached hydrogens (tertiary/aromatic N) is 2. The molecule has 1 unspecified atom stereocenters. The molecule has 1 saturated heterocycles. The van der Waals surface area contributed by atoms with Crippen LogP contribution in [0.1, 0.15) is 25.7 Å². The lowest BCUT2D eigenvalue weighted by Crippen LogP contribution is -2.41. The first kappa shape index (κ1) is 19.4. The predicted octanol–water partition coefficient (Wildman–Crippen LogP) is 3.19. The largest absolute Gasteiger partial charge is 0.401 e. The Bertz CT molecular complexity index is 912. The van der Waals surface area contributed by atoms with Crippen molar-refractivity contribution >= 4 is 27.2 Å². The van der Waals surface area contributed by atoms with E-state index in [0.717, 1.165) is 25.0 Å². The Labute approximate surface area is 160 Å². The molecule has 154 valence electrons. The van der Waals surface area contributed by atoms with Crippen LogP contribution in [0.5, 0.6) is 0 Å². The van der Waals surface area contributed by atoms with Gasteiger partial charge in [-0.05, 0) is 44.4 Å². The summed E-state index contributed by atoms with van der Waals surface area (Å²) in [6.07, 6.45) is -1.40. The predicted molar refractivity (Wildman–Crippen MR) is 96.5 cm³/mol. The number of benzene rings is 1. The van der Waals surface area contributed by atoms with Gasteiger partial charge < -0.3 is 10.6 Å². The van der Waals surface area contributed by atoms with Crippen LogP contribution in [0.4, 0.5) is 28.9 Å². The molecule has 11 heteroatoms. The molecule has 1 atom stereocenters. The third kappa shape index (κ3) is 4.09. The van der Waals surface area contributed by atoms with Crippen LogP contribution in [0.2, 0.25) is 0 Å². The molecule has 1 aromatic carbocycles. The third-order valence-electron chi connectivity index (χ3n) is 5.19. The number of hydrogen-bond donors (Lipinski definition) is 2. The summed E-state index contributed by atoms with van der Waals surface area (Å²) in [6, 6.07) is 1.69. The Hall–Kier alpha value is -1.88. The summed E-state index contributed by atoms with van der Waals surface area (Å²) in [4.78, 5) is 1.08. The summed E-state index contributed by atoms with van der Waals surface area (Å²) < 4.78 is 80.8. The van der Waals surface area contributed by atoms with Crippen molar-refractivity contribution in [3.63, 3.8) is 0 Å². The average molecular weight is 420 g/mol. The van der Waals surface area contributed by atoms with Gasteiger partial charge in [0.1, 0.15) is 16.5 Å². The van der Waals surface area contributed by atoms with Crippen LogP contribution in [0.25, 0.3) is 0 Å². The summed E-state index contributed by atoms with van der Waals surface area (Å²) in [5.41, 5.74) is 0.421. The Kier molecular flexibility index (Phi) is 4.77. The molecule has 3 aliphatic rings. The molecule has 2 heterocycles. The maximum Gasteiger partial charge on any atom is 0.401 e. The highest BCUT2D eigenvalue weighted by molar-refractivity contribution is 7.90. The van der Waals surface area contributed by atoms with Crippen molar-refractivity contribution in [3.8, 4) is 0 Å². The second kappa shape index (κ2) is 6.87. The molecule has 4 rings (SSSR count). The number of rotatable bonds is 5. The molecular formula is C17H20F4N4O2S. The molecule has 6 nitrogen and oxygen atoms in total. The van der Waals surface area contributed by atoms with Gasteiger partial charge in [0.2, 0.25) is 0 Å². The number of anilines is 2. The second-order valence-corrected chi connectivity index (χ2v) is 9.01. The number of sulfonamides is 1. The van der Waals surface area contributed by atoms with Crippen LogP contribution in [-0.4, -0.2) is 51.0 Å². The summed E-state index contributed by atoms with van der Waals surface area (Å²) in [5.74, 6) is -0.380. The summed E-state index contributed by atoms with van der Waals surface area (Å²) in [7, 11) is -4.03. The zero-order chi connectivity index (χ0) is 20.1. The molecule has 1 aromatic rings. The number of fused-ring (bicyclic) bond motifs is 1. The van der Waals surface area contributed by atoms with Crippen molar-refractivity contribution in [2.24, 2.45) is 10.3 Å². The molecule has 2 N–H and O–H groups in total. The number of hydrogen-bond acceptors (Lipinski definition) is 5. The average Bonchev–Trinajstić information content (AvgIpc) is 3.34. The van der Waals surface area contributed by atoms with E-state index in [-0.39, 0.29) is 34.8 Å². The Morgan fingerprint density at radius 3 is 2.68 bits per heavy atom. The van der Waals surface area contributed by atoms with Gasteiger partial charge in [-0.2, -0.15) is 21.6 Å². The van der Waals surface area contributed by atoms with E-state index in [1.165, 1.54) is 4.90 Å². The molecule has 0 radical (unpaired) electrons. The van der Waals surface area contributed by atoms with Gasteiger partial charge in [0.25, 0.3) is 10.0 Å². The fourth-order valence-electron chi connectivity index (χ4n) is 3.71. The quantitative estimate of drug-likeness (QED) is 0.716. The van der Waals surface area contributed by atoms with Gasteiger partial charge in [-0.1, -0.05) is 0 Å². The highest BCUT2D eigenvalue weighted by Gasteiger charge is 2.37. The Morgan fingerprint density at radius 1 is 1.25 bits per heavy atom. The molecule has 28 heavy (non-hydrogen) atoms. The number of alkyl halides is 3. The van der Waals surface area contributed by atoms with Crippen LogP contribution in [0.3, 0.4) is 0 Å². The van der Waals surface area contributed by atoms with Gasteiger partial charge in [0, 0.05) is 18.5 Å². The van der Waals surface area contributed by atoms with E-state index in [2.05, 4.69) is 15.0 Å². The molecular weight excluding hydrogens is 400 g/mol. The van der Waals surface area contributed by atoms with Crippen LogP contribution in [-0.2, 0) is 10.0 Å². The molecule has 2 fully saturated rings. The lowest BCUT2D eigenvalue weighted by atomic mass is 10.2. The summed E-state index contributed by atoms with van der Waals surface area (Å²) >= 11 is 0. The Balaban J connectivity index is 1.56. The fraction of sp³-hybridized carbons (Fsp3) is 0.588. The smallest absolute Gasteiger partial charge is 0.382 e. The molecule has 0 bridgehead atoms. The van der Waals surface area contributed by atoms with Gasteiger partial charge in [0.05, 0.1) is 17.9 Å². The first-order valence-corrected chi connectivity index (χ1v) is 10.6. The van der Waals surface area contributed by atoms with E-state index >= 15 is 0 Å². The first-order chi connectivity index (χ1) is 13.1. The first-order valence-electron chi connectivity index (χ1n) is 9.12. The third-order valence-corrected chi connectivity index (χ3v) is 6.50. The highest BCUT2D eigenvalue weighted by atomic mass is 32.2. The minimum absolute atomic E-state index is 0.0398. The standard InChI is InChI=1S/C17H20F4N4O2S/c18-11-6-13(22-8-12-2-1-5-25(12)9-17(19,20)21)15-14(7-11)28(26,27)24-16(23-15)10-3-4-10/h6-7,10,12,22H,1-5,8-9H2,(H,23,24). The van der Waals surface area contributed by atoms with Crippen molar-refractivity contribution in [3.05, 3.63) is 17.9 Å². The van der Waals surface area contributed by atoms with Crippen LogP contribution < -0.4 is 10.6 Å². The minimum atomic E-state index is -4.29. The van der Waals surface area contributed by atoms with Gasteiger partial charge in [-0.15, -0.1) is 4.40 Å². The van der Waals surface area contributed by atoms with Crippen molar-refractivity contribution in [1.29, 1.82) is 0 Å². The maximum atomic E-state index is 14.0. The number of amidine groups is 1. The molecule has 1 aliphatic carbocycles. The normalized spacial score (nSPS) is 24.4. The SMILES string of the molecule is O=S1(=O)N=C(C2CC2)Nc2c(NCC3CCCN3CC(F)(F)F)cc(F)cc21. The Morgan fingerprint density at radius 2 is 2.00 bits per heavy atom. The molecule has 0 amide bonds. The van der Waals surface area contributed by atoms with E-state index in [1.54, 1.807) is 0 Å². The molecule has 0 spiro atoms. The van der Waals surface area contributed by atoms with E-state index < -0.39 is 28.6 Å². The minimum Gasteiger partial charge on any atom is -0.382 e. The molecule has 2 aliphatic heterocycles. The van der Waals surface area contributed by atoms with Gasteiger partial charge in [-0.3, -0.25) is 4.90 Å². The number of nitrogens with one attached hydrogen (secondary N) is 2. The van der Waals surface area contributed by atoms with E-state index in [1.807, 2.05) is 0 Å². The highest BCUT2D eigenvalue weighted by Crippen LogP contribution is 2.40. The molecule has 1 saturated carbocycles. The second-order valence-electron chi connectivity index (χ2n) is 7.44. The lowest BCUT2D eigenvalue weighted by molar-refractivity contribution is -0.147. The van der Waals surface area contributed by atoms with Gasteiger partial charge in [-0.25, -0.2) is 4.39 Å². The van der Waals surface area contributed by atoms with Crippen molar-refractivity contribution < 1.29 is 26.0 Å². The zero-order valence-corrected chi connectivity index (χ0v) is 15.7. The van der Waals surface area contributed by atoms with Crippen molar-refractivity contribution in [1.82, 2.24) is 4.90 Å². The summed E-state index contributed by atoms with van der Waals surface area (Å²) in [6.45, 7) is -0.493. The lowest BCUT2D eigenvalue weighted by Gasteiger charge is -2.27. The van der Waals surface area contributed by atoms with Crippen LogP contribution in [0.15, 0.2) is 21.4 Å². The number of halogens is 4. The van der Waals surface area contributed by atoms with Crippen LogP contribution >= 0.6 is 0 Å². The zero-order valence-electron chi connectivity index (χ0n) is 14.9. The van der Waals surface area contributed by atoms with E-state index in [0.29, 0.717) is 25.2 Å². The fourth-order valence-corrected chi connectivity index (χ4v) is 4.94. The summed E-state index contributed by atoms with van der Waals surface area (Å²) in [5, 5.41) is 5.94. The topological polar surface area (TPSA) is 73.8 Å². The van der Waals surface area contributed by atoms with Crippen LogP contribution in [0, 0.1) is 11.7 Å². The van der Waals surface area contributed by atoms with Crippen molar-refractivity contribution in [2.45, 2.75) is 42.8 Å². The van der Waals surface area contributed by atoms with Gasteiger partial charge in [0.15, 0.2) is 0 Å². The van der Waals surface area contributed by atoms with Crippen molar-refractivity contribution in [2.75, 3.05) is 30.3 Å². The molecule has 0 aromatic heterocycles. The maximum absolute atomic E-state index is 14.0. The number of likely N-dealkylation sites (tertiary alicyclic amines) is 1. The van der Waals surface area contributed by atoms with E-state index in [4.69, 9.17) is 0 Å².